The molecule has 2 rings (SSSR count). The second-order valence-corrected chi connectivity index (χ2v) is 3.97. The van der Waals surface area contributed by atoms with Crippen molar-refractivity contribution in [3.05, 3.63) is 23.8 Å². The lowest BCUT2D eigenvalue weighted by atomic mass is 10.1. The van der Waals surface area contributed by atoms with Gasteiger partial charge in [-0.15, -0.1) is 0 Å². The molecule has 5 heteroatoms. The van der Waals surface area contributed by atoms with Crippen LogP contribution in [0.15, 0.2) is 12.3 Å². The van der Waals surface area contributed by atoms with Gasteiger partial charge >= 0.3 is 0 Å². The normalized spacial score (nSPS) is 16.2. The van der Waals surface area contributed by atoms with Crippen LogP contribution in [0, 0.1) is 23.7 Å². The molecule has 5 nitrogen and oxygen atoms in total. The van der Waals surface area contributed by atoms with Crippen molar-refractivity contribution in [2.24, 2.45) is 5.41 Å². The molecule has 1 saturated carbocycles. The van der Waals surface area contributed by atoms with Crippen LogP contribution >= 0.6 is 0 Å². The third-order valence-electron chi connectivity index (χ3n) is 2.66. The minimum absolute atomic E-state index is 0.189. The van der Waals surface area contributed by atoms with Crippen molar-refractivity contribution in [1.82, 2.24) is 15.3 Å². The molecule has 1 aliphatic rings. The van der Waals surface area contributed by atoms with Crippen molar-refractivity contribution in [1.29, 1.82) is 5.26 Å². The quantitative estimate of drug-likeness (QED) is 0.806. The Morgan fingerprint density at radius 1 is 1.69 bits per heavy atom. The van der Waals surface area contributed by atoms with Crippen LogP contribution in [0.3, 0.4) is 0 Å². The van der Waals surface area contributed by atoms with E-state index in [1.807, 2.05) is 0 Å². The van der Waals surface area contributed by atoms with Crippen LogP contribution in [0.4, 0.5) is 0 Å². The topological polar surface area (TPSA) is 78.7 Å². The van der Waals surface area contributed by atoms with E-state index >= 15 is 0 Å². The van der Waals surface area contributed by atoms with E-state index in [9.17, 15) is 4.79 Å². The number of carbonyl (C=O) groups is 1. The molecule has 0 spiro atoms. The fourth-order valence-corrected chi connectivity index (χ4v) is 1.46. The Bertz CT molecular complexity index is 459. The molecular weight excluding hydrogens is 204 g/mol. The number of hydrogen-bond acceptors (Lipinski definition) is 4. The zero-order valence-electron chi connectivity index (χ0n) is 9.03. The lowest BCUT2D eigenvalue weighted by Gasteiger charge is -2.07. The average Bonchev–Trinajstić information content (AvgIpc) is 3.07. The highest BCUT2D eigenvalue weighted by Gasteiger charge is 2.50. The smallest absolute Gasteiger partial charge is 0.240 e. The molecule has 0 radical (unpaired) electrons. The van der Waals surface area contributed by atoms with Crippen molar-refractivity contribution >= 4 is 5.91 Å². The van der Waals surface area contributed by atoms with Gasteiger partial charge in [0, 0.05) is 6.20 Å². The fraction of sp³-hybridized carbons (Fsp3) is 0.455. The summed E-state index contributed by atoms with van der Waals surface area (Å²) in [4.78, 5) is 19.8. The van der Waals surface area contributed by atoms with Gasteiger partial charge in [-0.2, -0.15) is 5.26 Å². The van der Waals surface area contributed by atoms with E-state index in [0.717, 1.165) is 5.69 Å². The van der Waals surface area contributed by atoms with E-state index in [1.54, 1.807) is 19.2 Å². The summed E-state index contributed by atoms with van der Waals surface area (Å²) in [7, 11) is 0. The van der Waals surface area contributed by atoms with Gasteiger partial charge in [-0.25, -0.2) is 9.97 Å². The molecule has 0 aliphatic heterocycles. The maximum Gasteiger partial charge on any atom is 0.240 e. The number of aromatic nitrogens is 2. The van der Waals surface area contributed by atoms with Gasteiger partial charge in [0.1, 0.15) is 11.2 Å². The van der Waals surface area contributed by atoms with Gasteiger partial charge < -0.3 is 5.32 Å². The van der Waals surface area contributed by atoms with E-state index in [-0.39, 0.29) is 5.91 Å². The first kappa shape index (κ1) is 10.6. The molecular formula is C11H12N4O. The van der Waals surface area contributed by atoms with Crippen molar-refractivity contribution in [2.75, 3.05) is 0 Å². The van der Waals surface area contributed by atoms with Gasteiger partial charge in [-0.05, 0) is 25.8 Å². The van der Waals surface area contributed by atoms with Crippen molar-refractivity contribution in [3.63, 3.8) is 0 Å². The Morgan fingerprint density at radius 2 is 2.44 bits per heavy atom. The number of rotatable bonds is 3. The lowest BCUT2D eigenvalue weighted by molar-refractivity contribution is -0.124. The Labute approximate surface area is 93.5 Å². The van der Waals surface area contributed by atoms with Crippen LogP contribution in [0.5, 0.6) is 0 Å². The second-order valence-electron chi connectivity index (χ2n) is 3.97. The molecule has 1 aromatic rings. The average molecular weight is 216 g/mol. The molecule has 0 unspecified atom stereocenters. The SMILES string of the molecule is Cc1nccc(CNC(=O)C2(C#N)CC2)n1. The number of nitrogens with zero attached hydrogens (tertiary/aromatic N) is 3. The first-order valence-corrected chi connectivity index (χ1v) is 5.14. The van der Waals surface area contributed by atoms with E-state index in [0.29, 0.717) is 25.2 Å². The van der Waals surface area contributed by atoms with E-state index < -0.39 is 5.41 Å². The van der Waals surface area contributed by atoms with Gasteiger partial charge in [0.15, 0.2) is 0 Å². The molecule has 16 heavy (non-hydrogen) atoms. The standard InChI is InChI=1S/C11H12N4O/c1-8-13-5-2-9(15-8)6-14-10(16)11(7-12)3-4-11/h2,5H,3-4,6H2,1H3,(H,14,16). The maximum atomic E-state index is 11.6. The monoisotopic (exact) mass is 216 g/mol. The first-order valence-electron chi connectivity index (χ1n) is 5.14. The van der Waals surface area contributed by atoms with Gasteiger partial charge in [0.2, 0.25) is 5.91 Å². The van der Waals surface area contributed by atoms with E-state index in [1.165, 1.54) is 0 Å². The highest BCUT2D eigenvalue weighted by Crippen LogP contribution is 2.44. The number of hydrogen-bond donors (Lipinski definition) is 1. The molecule has 0 aromatic carbocycles. The van der Waals surface area contributed by atoms with Gasteiger partial charge in [-0.1, -0.05) is 0 Å². The Morgan fingerprint density at radius 3 is 3.00 bits per heavy atom. The number of amides is 1. The van der Waals surface area contributed by atoms with Crippen LogP contribution in [0.1, 0.15) is 24.4 Å². The Hall–Kier alpha value is -1.96. The summed E-state index contributed by atoms with van der Waals surface area (Å²) < 4.78 is 0. The number of aryl methyl sites for hydroxylation is 1. The van der Waals surface area contributed by atoms with Crippen molar-refractivity contribution in [2.45, 2.75) is 26.3 Å². The summed E-state index contributed by atoms with van der Waals surface area (Å²) in [5.41, 5.74) is -0.00295. The number of nitriles is 1. The molecule has 1 aliphatic carbocycles. The van der Waals surface area contributed by atoms with Crippen LogP contribution in [-0.2, 0) is 11.3 Å². The van der Waals surface area contributed by atoms with Gasteiger partial charge in [-0.3, -0.25) is 4.79 Å². The van der Waals surface area contributed by atoms with Gasteiger partial charge in [0.05, 0.1) is 18.3 Å². The highest BCUT2D eigenvalue weighted by molar-refractivity contribution is 5.88. The highest BCUT2D eigenvalue weighted by atomic mass is 16.2. The summed E-state index contributed by atoms with van der Waals surface area (Å²) in [6, 6.07) is 3.80. The fourth-order valence-electron chi connectivity index (χ4n) is 1.46. The predicted octanol–water partition coefficient (Wildman–Crippen LogP) is 0.705. The molecule has 1 amide bonds. The van der Waals surface area contributed by atoms with Crippen LogP contribution in [-0.4, -0.2) is 15.9 Å². The molecule has 0 saturated heterocycles. The van der Waals surface area contributed by atoms with Crippen molar-refractivity contribution in [3.8, 4) is 6.07 Å². The first-order chi connectivity index (χ1) is 7.66. The summed E-state index contributed by atoms with van der Waals surface area (Å²) in [5, 5.41) is 11.6. The Balaban J connectivity index is 1.94. The van der Waals surface area contributed by atoms with E-state index in [4.69, 9.17) is 5.26 Å². The summed E-state index contributed by atoms with van der Waals surface area (Å²) in [5.74, 6) is 0.486. The van der Waals surface area contributed by atoms with Crippen LogP contribution < -0.4 is 5.32 Å². The maximum absolute atomic E-state index is 11.6. The van der Waals surface area contributed by atoms with Crippen LogP contribution in [0.2, 0.25) is 0 Å². The number of nitrogens with one attached hydrogen (secondary N) is 1. The number of carbonyl (C=O) groups excluding carboxylic acids is 1. The molecule has 1 aromatic heterocycles. The predicted molar refractivity (Wildman–Crippen MR) is 55.9 cm³/mol. The van der Waals surface area contributed by atoms with E-state index in [2.05, 4.69) is 21.4 Å². The zero-order chi connectivity index (χ0) is 11.6. The summed E-state index contributed by atoms with van der Waals surface area (Å²) in [6.07, 6.45) is 2.98. The third-order valence-corrected chi connectivity index (χ3v) is 2.66. The molecule has 0 atom stereocenters. The Kier molecular flexibility index (Phi) is 2.57. The van der Waals surface area contributed by atoms with Crippen LogP contribution in [0.25, 0.3) is 0 Å². The largest absolute Gasteiger partial charge is 0.349 e. The molecule has 1 heterocycles. The minimum Gasteiger partial charge on any atom is -0.349 e. The third kappa shape index (κ3) is 2.01. The zero-order valence-corrected chi connectivity index (χ0v) is 9.03. The summed E-state index contributed by atoms with van der Waals surface area (Å²) >= 11 is 0. The molecule has 82 valence electrons. The van der Waals surface area contributed by atoms with Crippen molar-refractivity contribution < 1.29 is 4.79 Å². The molecule has 0 bridgehead atoms. The molecule has 1 N–H and O–H groups in total. The summed E-state index contributed by atoms with van der Waals surface area (Å²) in [6.45, 7) is 2.15. The minimum atomic E-state index is -0.762. The second kappa shape index (κ2) is 3.89. The van der Waals surface area contributed by atoms with Gasteiger partial charge in [0.25, 0.3) is 0 Å². The molecule has 1 fully saturated rings. The lowest BCUT2D eigenvalue weighted by Crippen LogP contribution is -2.31.